The van der Waals surface area contributed by atoms with Crippen LogP contribution in [-0.4, -0.2) is 77.6 Å². The summed E-state index contributed by atoms with van der Waals surface area (Å²) in [7, 11) is 2.11. The largest absolute Gasteiger partial charge is 0.499 e. The van der Waals surface area contributed by atoms with Gasteiger partial charge in [-0.25, -0.2) is 9.59 Å². The molecule has 1 aliphatic heterocycles. The van der Waals surface area contributed by atoms with Gasteiger partial charge >= 0.3 is 11.9 Å². The first kappa shape index (κ1) is 19.1. The highest BCUT2D eigenvalue weighted by Gasteiger charge is 2.17. The fraction of sp³-hybridized carbons (Fsp3) is 0.462. The first-order chi connectivity index (χ1) is 11.3. The van der Waals surface area contributed by atoms with Gasteiger partial charge in [-0.05, 0) is 25.6 Å². The molecule has 0 spiro atoms. The maximum Gasteiger partial charge on any atom is 0.375 e. The smallest absolute Gasteiger partial charge is 0.375 e. The molecule has 0 radical (unpaired) electrons. The fourth-order valence-electron chi connectivity index (χ4n) is 1.76. The number of carbonyl (C=O) groups is 2. The summed E-state index contributed by atoms with van der Waals surface area (Å²) in [4.78, 5) is 23.3. The lowest BCUT2D eigenvalue weighted by Gasteiger charge is -2.20. The molecule has 0 aromatic carbocycles. The number of nitrogens with zero attached hydrogens (tertiary/aromatic N) is 5. The molecule has 0 unspecified atom stereocenters. The second-order valence-electron chi connectivity index (χ2n) is 4.86. The number of aromatic nitrogens is 4. The van der Waals surface area contributed by atoms with Crippen LogP contribution in [0.4, 0.5) is 0 Å². The number of likely N-dealkylation sites (N-methyl/N-ethyl adjacent to an activating group) is 1. The Hall–Kier alpha value is -2.95. The summed E-state index contributed by atoms with van der Waals surface area (Å²) in [5.41, 5.74) is 1.19. The van der Waals surface area contributed by atoms with E-state index in [0.29, 0.717) is 0 Å². The molecule has 2 heterocycles. The molecule has 0 atom stereocenters. The Morgan fingerprint density at radius 2 is 1.75 bits per heavy atom. The number of carboxylic acid groups (broad SMARTS) is 2. The summed E-state index contributed by atoms with van der Waals surface area (Å²) in [6.07, 6.45) is 3.28. The zero-order valence-corrected chi connectivity index (χ0v) is 13.2. The lowest BCUT2D eigenvalue weighted by Crippen LogP contribution is -2.25. The van der Waals surface area contributed by atoms with Gasteiger partial charge in [-0.15, -0.1) is 10.2 Å². The third-order valence-electron chi connectivity index (χ3n) is 2.99. The number of aryl methyl sites for hydroxylation is 1. The molecule has 0 bridgehead atoms. The lowest BCUT2D eigenvalue weighted by molar-refractivity contribution is -0.140. The van der Waals surface area contributed by atoms with Crippen LogP contribution in [-0.2, 0) is 16.1 Å². The van der Waals surface area contributed by atoms with Crippen LogP contribution in [0.15, 0.2) is 17.6 Å². The molecular formula is C13H19N5O6. The summed E-state index contributed by atoms with van der Waals surface area (Å²) in [5.74, 6) is -6.15. The first-order valence-electron chi connectivity index (χ1n) is 7.00. The third-order valence-corrected chi connectivity index (χ3v) is 2.99. The first-order valence-corrected chi connectivity index (χ1v) is 7.00. The summed E-state index contributed by atoms with van der Waals surface area (Å²) in [6, 6.07) is 0. The Morgan fingerprint density at radius 1 is 1.17 bits per heavy atom. The topological polar surface area (TPSA) is 162 Å². The number of hydrogen-bond acceptors (Lipinski definition) is 8. The van der Waals surface area contributed by atoms with Crippen LogP contribution in [0.2, 0.25) is 0 Å². The second-order valence-corrected chi connectivity index (χ2v) is 4.86. The standard InChI is InChI=1S/C9H15N5.C4H4O6/c1-3-14-11-9(10-12-14)8-5-4-6-13(2)7-8;5-1(3(7)8)2(6)4(9)10/h5H,3-4,6-7H2,1-2H3;5-6H,(H,7,8)(H,9,10)/b;2-1-. The normalized spacial score (nSPS) is 15.7. The van der Waals surface area contributed by atoms with Crippen molar-refractivity contribution < 1.29 is 30.0 Å². The van der Waals surface area contributed by atoms with Crippen molar-refractivity contribution >= 4 is 17.5 Å². The van der Waals surface area contributed by atoms with Gasteiger partial charge in [-0.2, -0.15) is 4.80 Å². The molecule has 0 amide bonds. The van der Waals surface area contributed by atoms with Crippen LogP contribution < -0.4 is 0 Å². The number of hydrogen-bond donors (Lipinski definition) is 4. The Kier molecular flexibility index (Phi) is 6.86. The van der Waals surface area contributed by atoms with Crippen LogP contribution in [0.1, 0.15) is 19.2 Å². The van der Waals surface area contributed by atoms with Crippen molar-refractivity contribution in [2.24, 2.45) is 0 Å². The van der Waals surface area contributed by atoms with E-state index < -0.39 is 23.5 Å². The van der Waals surface area contributed by atoms with Gasteiger partial charge in [0, 0.05) is 18.7 Å². The summed E-state index contributed by atoms with van der Waals surface area (Å²) in [5, 5.41) is 44.4. The predicted molar refractivity (Wildman–Crippen MR) is 81.1 cm³/mol. The Balaban J connectivity index is 0.000000257. The van der Waals surface area contributed by atoms with E-state index in [1.165, 1.54) is 5.57 Å². The maximum absolute atomic E-state index is 9.71. The van der Waals surface area contributed by atoms with E-state index in [4.69, 9.17) is 20.4 Å². The van der Waals surface area contributed by atoms with Crippen LogP contribution in [0, 0.1) is 0 Å². The molecule has 0 fully saturated rings. The van der Waals surface area contributed by atoms with Gasteiger partial charge in [0.05, 0.1) is 6.54 Å². The number of rotatable bonds is 4. The van der Waals surface area contributed by atoms with E-state index >= 15 is 0 Å². The molecule has 0 saturated heterocycles. The van der Waals surface area contributed by atoms with E-state index in [1.807, 2.05) is 6.92 Å². The highest BCUT2D eigenvalue weighted by molar-refractivity contribution is 5.95. The monoisotopic (exact) mass is 341 g/mol. The maximum atomic E-state index is 9.71. The number of tetrazole rings is 1. The number of aliphatic hydroxyl groups excluding tert-OH is 2. The average molecular weight is 341 g/mol. The van der Waals surface area contributed by atoms with Crippen LogP contribution in [0.25, 0.3) is 5.57 Å². The van der Waals surface area contributed by atoms with Gasteiger partial charge < -0.3 is 25.3 Å². The highest BCUT2D eigenvalue weighted by atomic mass is 16.4. The van der Waals surface area contributed by atoms with Crippen molar-refractivity contribution in [1.82, 2.24) is 25.1 Å². The molecular weight excluding hydrogens is 322 g/mol. The summed E-state index contributed by atoms with van der Waals surface area (Å²) >= 11 is 0. The minimum absolute atomic E-state index is 0.774. The van der Waals surface area contributed by atoms with Gasteiger partial charge in [0.1, 0.15) is 0 Å². The van der Waals surface area contributed by atoms with E-state index in [2.05, 4.69) is 33.4 Å². The van der Waals surface area contributed by atoms with Crippen LogP contribution in [0.3, 0.4) is 0 Å². The Morgan fingerprint density at radius 3 is 2.17 bits per heavy atom. The minimum Gasteiger partial charge on any atom is -0.499 e. The molecule has 4 N–H and O–H groups in total. The Labute approximate surface area is 137 Å². The van der Waals surface area contributed by atoms with Crippen molar-refractivity contribution in [3.63, 3.8) is 0 Å². The van der Waals surface area contributed by atoms with E-state index in [0.717, 1.165) is 31.9 Å². The summed E-state index contributed by atoms with van der Waals surface area (Å²) < 4.78 is 0. The molecule has 1 aromatic rings. The van der Waals surface area contributed by atoms with E-state index in [1.54, 1.807) is 4.80 Å². The molecule has 1 aliphatic rings. The lowest BCUT2D eigenvalue weighted by atomic mass is 10.1. The van der Waals surface area contributed by atoms with Gasteiger partial charge in [0.15, 0.2) is 0 Å². The van der Waals surface area contributed by atoms with Crippen molar-refractivity contribution in [2.75, 3.05) is 20.1 Å². The molecule has 24 heavy (non-hydrogen) atoms. The predicted octanol–water partition coefficient (Wildman–Crippen LogP) is -0.105. The molecule has 11 heteroatoms. The third kappa shape index (κ3) is 5.35. The zero-order valence-electron chi connectivity index (χ0n) is 13.2. The van der Waals surface area contributed by atoms with E-state index in [-0.39, 0.29) is 0 Å². The van der Waals surface area contributed by atoms with Crippen LogP contribution >= 0.6 is 0 Å². The Bertz CT molecular complexity index is 644. The minimum atomic E-state index is -1.89. The quantitative estimate of drug-likeness (QED) is 0.429. The molecule has 132 valence electrons. The van der Waals surface area contributed by atoms with Crippen LogP contribution in [0.5, 0.6) is 0 Å². The molecule has 1 aromatic heterocycles. The fourth-order valence-corrected chi connectivity index (χ4v) is 1.76. The number of carboxylic acids is 2. The van der Waals surface area contributed by atoms with Gasteiger partial charge in [0.25, 0.3) is 11.5 Å². The van der Waals surface area contributed by atoms with E-state index in [9.17, 15) is 9.59 Å². The zero-order chi connectivity index (χ0) is 18.3. The van der Waals surface area contributed by atoms with Crippen molar-refractivity contribution in [2.45, 2.75) is 19.9 Å². The van der Waals surface area contributed by atoms with Crippen molar-refractivity contribution in [1.29, 1.82) is 0 Å². The highest BCUT2D eigenvalue weighted by Crippen LogP contribution is 2.15. The summed E-state index contributed by atoms with van der Waals surface area (Å²) in [6.45, 7) is 4.82. The molecule has 0 saturated carbocycles. The van der Waals surface area contributed by atoms with Gasteiger partial charge in [0.2, 0.25) is 5.82 Å². The molecule has 0 aliphatic carbocycles. The SMILES string of the molecule is CCn1nnc(C2=CCCN(C)C2)n1.O=C(O)/C(O)=C(/O)C(=O)O. The average Bonchev–Trinajstić information content (AvgIpc) is 3.03. The van der Waals surface area contributed by atoms with Gasteiger partial charge in [-0.3, -0.25) is 0 Å². The molecule has 2 rings (SSSR count). The van der Waals surface area contributed by atoms with Gasteiger partial charge in [-0.1, -0.05) is 6.08 Å². The number of aliphatic carboxylic acids is 2. The van der Waals surface area contributed by atoms with Crippen molar-refractivity contribution in [3.05, 3.63) is 23.4 Å². The van der Waals surface area contributed by atoms with Crippen molar-refractivity contribution in [3.8, 4) is 0 Å². The number of aliphatic hydroxyl groups is 2. The second kappa shape index (κ2) is 8.62. The molecule has 11 nitrogen and oxygen atoms in total.